The van der Waals surface area contributed by atoms with E-state index in [1.807, 2.05) is 19.9 Å². The zero-order valence-electron chi connectivity index (χ0n) is 11.9. The molecule has 0 radical (unpaired) electrons. The summed E-state index contributed by atoms with van der Waals surface area (Å²) >= 11 is 0. The Bertz CT molecular complexity index is 618. The zero-order valence-corrected chi connectivity index (χ0v) is 12.7. The minimum atomic E-state index is -3.52. The van der Waals surface area contributed by atoms with Crippen molar-refractivity contribution in [3.63, 3.8) is 0 Å². The van der Waals surface area contributed by atoms with Crippen LogP contribution in [0.15, 0.2) is 29.2 Å². The summed E-state index contributed by atoms with van der Waals surface area (Å²) in [5.74, 6) is -0.337. The summed E-state index contributed by atoms with van der Waals surface area (Å²) in [6.07, 6.45) is 0.569. The van der Waals surface area contributed by atoms with Crippen molar-refractivity contribution < 1.29 is 17.9 Å². The van der Waals surface area contributed by atoms with Gasteiger partial charge in [0.05, 0.1) is 17.4 Å². The second-order valence-corrected chi connectivity index (χ2v) is 7.15. The lowest BCUT2D eigenvalue weighted by atomic mass is 9.79. The third-order valence-corrected chi connectivity index (χ3v) is 5.67. The van der Waals surface area contributed by atoms with E-state index in [1.54, 1.807) is 18.2 Å². The van der Waals surface area contributed by atoms with Gasteiger partial charge in [-0.3, -0.25) is 4.79 Å². The van der Waals surface area contributed by atoms with Crippen molar-refractivity contribution in [2.24, 2.45) is 5.41 Å². The number of benzene rings is 1. The Morgan fingerprint density at radius 1 is 1.40 bits per heavy atom. The fourth-order valence-electron chi connectivity index (χ4n) is 2.44. The Labute approximate surface area is 119 Å². The smallest absolute Gasteiger partial charge is 0.314 e. The third-order valence-electron chi connectivity index (χ3n) is 3.88. The lowest BCUT2D eigenvalue weighted by Crippen LogP contribution is -2.61. The summed E-state index contributed by atoms with van der Waals surface area (Å²) in [7, 11) is -2.19. The molecule has 1 saturated heterocycles. The Morgan fingerprint density at radius 2 is 2.05 bits per heavy atom. The molecule has 0 atom stereocenters. The molecule has 0 aliphatic carbocycles. The van der Waals surface area contributed by atoms with Crippen LogP contribution in [0.5, 0.6) is 0 Å². The van der Waals surface area contributed by atoms with Crippen molar-refractivity contribution in [1.82, 2.24) is 4.31 Å². The molecule has 0 aromatic heterocycles. The Morgan fingerprint density at radius 3 is 2.55 bits per heavy atom. The molecule has 0 bridgehead atoms. The quantitative estimate of drug-likeness (QED) is 0.791. The maximum absolute atomic E-state index is 12.5. The first kappa shape index (κ1) is 15.0. The van der Waals surface area contributed by atoms with Crippen LogP contribution in [0.25, 0.3) is 0 Å². The second-order valence-electron chi connectivity index (χ2n) is 5.22. The summed E-state index contributed by atoms with van der Waals surface area (Å²) in [6.45, 7) is 4.09. The highest BCUT2D eigenvalue weighted by Gasteiger charge is 2.53. The van der Waals surface area contributed by atoms with Gasteiger partial charge in [-0.05, 0) is 31.0 Å². The second kappa shape index (κ2) is 5.18. The van der Waals surface area contributed by atoms with Gasteiger partial charge in [0.25, 0.3) is 0 Å². The highest BCUT2D eigenvalue weighted by atomic mass is 32.2. The predicted octanol–water partition coefficient (Wildman–Crippen LogP) is 1.57. The van der Waals surface area contributed by atoms with E-state index in [0.29, 0.717) is 6.42 Å². The molecular weight excluding hydrogens is 278 g/mol. The van der Waals surface area contributed by atoms with Gasteiger partial charge >= 0.3 is 5.97 Å². The number of carbonyl (C=O) groups is 1. The number of methoxy groups -OCH3 is 1. The van der Waals surface area contributed by atoms with Crippen LogP contribution in [0, 0.1) is 12.3 Å². The standard InChI is InChI=1S/C14H19NO4S/c1-4-14(13(16)19-3)9-15(10-14)20(17,18)12-7-5-6-11(2)8-12/h5-8H,4,9-10H2,1-3H3. The average Bonchev–Trinajstić information content (AvgIpc) is 2.37. The van der Waals surface area contributed by atoms with E-state index in [2.05, 4.69) is 0 Å². The summed E-state index contributed by atoms with van der Waals surface area (Å²) in [4.78, 5) is 12.0. The van der Waals surface area contributed by atoms with Gasteiger partial charge < -0.3 is 4.74 Å². The summed E-state index contributed by atoms with van der Waals surface area (Å²) in [5, 5.41) is 0. The topological polar surface area (TPSA) is 63.7 Å². The molecule has 1 aromatic carbocycles. The fraction of sp³-hybridized carbons (Fsp3) is 0.500. The van der Waals surface area contributed by atoms with Crippen LogP contribution in [-0.2, 0) is 19.6 Å². The van der Waals surface area contributed by atoms with Gasteiger partial charge in [0.2, 0.25) is 10.0 Å². The van der Waals surface area contributed by atoms with Crippen molar-refractivity contribution in [3.8, 4) is 0 Å². The molecule has 0 spiro atoms. The molecule has 1 aliphatic rings. The number of rotatable bonds is 4. The molecule has 110 valence electrons. The fourth-order valence-corrected chi connectivity index (χ4v) is 4.15. The SMILES string of the molecule is CCC1(C(=O)OC)CN(S(=O)(=O)c2cccc(C)c2)C1. The van der Waals surface area contributed by atoms with Gasteiger partial charge in [-0.2, -0.15) is 4.31 Å². The summed E-state index contributed by atoms with van der Waals surface area (Å²) in [6, 6.07) is 6.78. The van der Waals surface area contributed by atoms with Crippen molar-refractivity contribution in [2.45, 2.75) is 25.2 Å². The van der Waals surface area contributed by atoms with E-state index in [9.17, 15) is 13.2 Å². The highest BCUT2D eigenvalue weighted by molar-refractivity contribution is 7.89. The molecule has 5 nitrogen and oxygen atoms in total. The number of hydrogen-bond donors (Lipinski definition) is 0. The molecule has 0 amide bonds. The van der Waals surface area contributed by atoms with Crippen LogP contribution in [0.1, 0.15) is 18.9 Å². The maximum Gasteiger partial charge on any atom is 0.314 e. The normalized spacial score (nSPS) is 18.4. The van der Waals surface area contributed by atoms with E-state index in [-0.39, 0.29) is 24.0 Å². The molecule has 1 fully saturated rings. The maximum atomic E-state index is 12.5. The average molecular weight is 297 g/mol. The summed E-state index contributed by atoms with van der Waals surface area (Å²) in [5.41, 5.74) is 0.201. The first-order valence-electron chi connectivity index (χ1n) is 6.51. The van der Waals surface area contributed by atoms with E-state index in [4.69, 9.17) is 4.74 Å². The third kappa shape index (κ3) is 2.33. The largest absolute Gasteiger partial charge is 0.469 e. The first-order chi connectivity index (χ1) is 9.35. The molecule has 20 heavy (non-hydrogen) atoms. The van der Waals surface area contributed by atoms with Crippen molar-refractivity contribution in [2.75, 3.05) is 20.2 Å². The minimum absolute atomic E-state index is 0.187. The number of nitrogens with zero attached hydrogens (tertiary/aromatic N) is 1. The van der Waals surface area contributed by atoms with Crippen molar-refractivity contribution in [3.05, 3.63) is 29.8 Å². The number of sulfonamides is 1. The molecule has 1 aromatic rings. The lowest BCUT2D eigenvalue weighted by Gasteiger charge is -2.46. The van der Waals surface area contributed by atoms with Gasteiger partial charge in [-0.25, -0.2) is 8.42 Å². The number of carbonyl (C=O) groups excluding carboxylic acids is 1. The molecule has 0 unspecified atom stereocenters. The lowest BCUT2D eigenvalue weighted by molar-refractivity contribution is -0.160. The Kier molecular flexibility index (Phi) is 3.88. The van der Waals surface area contributed by atoms with Gasteiger partial charge in [0.1, 0.15) is 0 Å². The van der Waals surface area contributed by atoms with E-state index >= 15 is 0 Å². The predicted molar refractivity (Wildman–Crippen MR) is 74.7 cm³/mol. The van der Waals surface area contributed by atoms with Gasteiger partial charge in [-0.1, -0.05) is 19.1 Å². The van der Waals surface area contributed by atoms with Crippen LogP contribution in [-0.4, -0.2) is 38.9 Å². The van der Waals surface area contributed by atoms with E-state index in [1.165, 1.54) is 11.4 Å². The van der Waals surface area contributed by atoms with Crippen LogP contribution in [0.3, 0.4) is 0 Å². The molecular formula is C14H19NO4S. The van der Waals surface area contributed by atoms with Crippen LogP contribution in [0.4, 0.5) is 0 Å². The van der Waals surface area contributed by atoms with Crippen LogP contribution in [0.2, 0.25) is 0 Å². The number of aryl methyl sites for hydroxylation is 1. The van der Waals surface area contributed by atoms with Gasteiger partial charge in [0.15, 0.2) is 0 Å². The Hall–Kier alpha value is -1.40. The number of ether oxygens (including phenoxy) is 1. The monoisotopic (exact) mass is 297 g/mol. The van der Waals surface area contributed by atoms with E-state index < -0.39 is 15.4 Å². The van der Waals surface area contributed by atoms with E-state index in [0.717, 1.165) is 5.56 Å². The molecule has 1 aliphatic heterocycles. The summed E-state index contributed by atoms with van der Waals surface area (Å²) < 4.78 is 31.0. The van der Waals surface area contributed by atoms with Crippen LogP contribution >= 0.6 is 0 Å². The molecule has 2 rings (SSSR count). The van der Waals surface area contributed by atoms with Gasteiger partial charge in [0, 0.05) is 13.1 Å². The van der Waals surface area contributed by atoms with Crippen LogP contribution < -0.4 is 0 Å². The molecule has 0 N–H and O–H groups in total. The zero-order chi connectivity index (χ0) is 15.0. The first-order valence-corrected chi connectivity index (χ1v) is 7.95. The number of esters is 1. The molecule has 0 saturated carbocycles. The molecule has 1 heterocycles. The minimum Gasteiger partial charge on any atom is -0.469 e. The van der Waals surface area contributed by atoms with Crippen molar-refractivity contribution in [1.29, 1.82) is 0 Å². The van der Waals surface area contributed by atoms with Gasteiger partial charge in [-0.15, -0.1) is 0 Å². The molecule has 6 heteroatoms. The van der Waals surface area contributed by atoms with Crippen molar-refractivity contribution >= 4 is 16.0 Å². The Balaban J connectivity index is 2.21. The number of hydrogen-bond acceptors (Lipinski definition) is 4. The highest BCUT2D eigenvalue weighted by Crippen LogP contribution is 2.38.